The van der Waals surface area contributed by atoms with Gasteiger partial charge in [-0.2, -0.15) is 0 Å². The molecule has 5 nitrogen and oxygen atoms in total. The van der Waals surface area contributed by atoms with Crippen LogP contribution in [0.3, 0.4) is 0 Å². The van der Waals surface area contributed by atoms with Gasteiger partial charge in [0.15, 0.2) is 0 Å². The van der Waals surface area contributed by atoms with E-state index in [1.165, 1.54) is 40.1 Å². The van der Waals surface area contributed by atoms with Gasteiger partial charge in [0.05, 0.1) is 23.5 Å². The van der Waals surface area contributed by atoms with Crippen LogP contribution in [0.15, 0.2) is 78.8 Å². The van der Waals surface area contributed by atoms with Gasteiger partial charge >= 0.3 is 0 Å². The lowest BCUT2D eigenvalue weighted by Gasteiger charge is -2.42. The molecule has 2 aliphatic heterocycles. The van der Waals surface area contributed by atoms with Crippen molar-refractivity contribution in [3.63, 3.8) is 0 Å². The number of hydrogen-bond donors (Lipinski definition) is 1. The Kier molecular flexibility index (Phi) is 7.02. The molecule has 3 aromatic rings. The Balaban J connectivity index is 1.33. The highest BCUT2D eigenvalue weighted by Gasteiger charge is 2.35. The lowest BCUT2D eigenvalue weighted by Crippen LogP contribution is -2.39. The van der Waals surface area contributed by atoms with Crippen molar-refractivity contribution in [2.75, 3.05) is 13.1 Å². The summed E-state index contributed by atoms with van der Waals surface area (Å²) in [6, 6.07) is 19.8. The first kappa shape index (κ1) is 22.8. The quantitative estimate of drug-likeness (QED) is 0.500. The minimum atomic E-state index is 0.330. The van der Waals surface area contributed by atoms with Gasteiger partial charge < -0.3 is 5.43 Å². The van der Waals surface area contributed by atoms with Crippen LogP contribution in [0, 0.1) is 13.8 Å². The van der Waals surface area contributed by atoms with E-state index in [-0.39, 0.29) is 0 Å². The molecule has 4 heterocycles. The predicted octanol–water partition coefficient (Wildman–Crippen LogP) is 5.66. The van der Waals surface area contributed by atoms with Gasteiger partial charge in [-0.1, -0.05) is 42.5 Å². The zero-order valence-electron chi connectivity index (χ0n) is 20.3. The van der Waals surface area contributed by atoms with Crippen molar-refractivity contribution >= 4 is 0 Å². The molecule has 0 radical (unpaired) electrons. The lowest BCUT2D eigenvalue weighted by atomic mass is 9.88. The highest BCUT2D eigenvalue weighted by atomic mass is 15.5. The molecule has 1 N–H and O–H groups in total. The predicted molar refractivity (Wildman–Crippen MR) is 137 cm³/mol. The van der Waals surface area contributed by atoms with E-state index in [1.54, 1.807) is 0 Å². The van der Waals surface area contributed by atoms with Gasteiger partial charge in [0.2, 0.25) is 0 Å². The summed E-state index contributed by atoms with van der Waals surface area (Å²) in [4.78, 5) is 12.4. The van der Waals surface area contributed by atoms with Gasteiger partial charge in [-0.15, -0.1) is 0 Å². The van der Waals surface area contributed by atoms with Crippen molar-refractivity contribution in [1.82, 2.24) is 25.3 Å². The van der Waals surface area contributed by atoms with Gasteiger partial charge in [-0.25, -0.2) is 5.01 Å². The summed E-state index contributed by atoms with van der Waals surface area (Å²) < 4.78 is 0. The minimum Gasteiger partial charge on any atom is -0.326 e. The van der Waals surface area contributed by atoms with Crippen molar-refractivity contribution in [3.05, 3.63) is 107 Å². The number of piperidine rings is 1. The number of aryl methyl sites for hydroxylation is 2. The topological polar surface area (TPSA) is 44.3 Å². The molecule has 2 aliphatic rings. The molecule has 0 spiro atoms. The van der Waals surface area contributed by atoms with Gasteiger partial charge in [0.1, 0.15) is 0 Å². The Bertz CT molecular complexity index is 1070. The fraction of sp³-hybridized carbons (Fsp3) is 0.379. The third kappa shape index (κ3) is 5.06. The Hall–Kier alpha value is -3.02. The maximum absolute atomic E-state index is 4.84. The lowest BCUT2D eigenvalue weighted by molar-refractivity contribution is 0.0771. The number of nitrogens with zero attached hydrogens (tertiary/aromatic N) is 4. The zero-order valence-corrected chi connectivity index (χ0v) is 20.3. The van der Waals surface area contributed by atoms with Crippen molar-refractivity contribution < 1.29 is 0 Å². The third-order valence-corrected chi connectivity index (χ3v) is 7.24. The van der Waals surface area contributed by atoms with Gasteiger partial charge in [-0.05, 0) is 73.9 Å². The Morgan fingerprint density at radius 3 is 2.12 bits per heavy atom. The number of nitrogens with one attached hydrogen (secondary N) is 1. The molecule has 1 fully saturated rings. The maximum atomic E-state index is 4.84. The molecule has 1 aromatic carbocycles. The zero-order chi connectivity index (χ0) is 23.3. The molecule has 2 atom stereocenters. The summed E-state index contributed by atoms with van der Waals surface area (Å²) in [5.74, 6) is 0. The number of pyridine rings is 2. The monoisotopic (exact) mass is 453 g/mol. The van der Waals surface area contributed by atoms with Crippen molar-refractivity contribution in [2.45, 2.75) is 58.2 Å². The van der Waals surface area contributed by atoms with E-state index in [9.17, 15) is 0 Å². The Morgan fingerprint density at radius 2 is 1.50 bits per heavy atom. The molecule has 5 rings (SSSR count). The van der Waals surface area contributed by atoms with E-state index in [4.69, 9.17) is 9.97 Å². The van der Waals surface area contributed by atoms with E-state index >= 15 is 0 Å². The molecule has 176 valence electrons. The average molecular weight is 454 g/mol. The first-order valence-corrected chi connectivity index (χ1v) is 12.5. The average Bonchev–Trinajstić information content (AvgIpc) is 3.31. The van der Waals surface area contributed by atoms with Crippen LogP contribution in [-0.2, 0) is 6.54 Å². The summed E-state index contributed by atoms with van der Waals surface area (Å²) in [5.41, 5.74) is 11.3. The van der Waals surface area contributed by atoms with E-state index in [1.807, 2.05) is 24.5 Å². The van der Waals surface area contributed by atoms with Crippen molar-refractivity contribution in [3.8, 4) is 0 Å². The summed E-state index contributed by atoms with van der Waals surface area (Å²) in [6.07, 6.45) is 10.6. The second kappa shape index (κ2) is 10.5. The largest absolute Gasteiger partial charge is 0.326 e. The Labute approximate surface area is 203 Å². The SMILES string of the molecule is Cc1cccnc1[C@H]1CCC[C@@H](c2ncccc2C)N1CCC1=CNN(Cc2ccccc2)C1. The standard InChI is InChI=1S/C29H35N5/c1-22-9-7-16-30-28(22)26-13-6-14-27(29-23(2)10-8-17-31-29)34(26)18-15-25-19-32-33(21-25)20-24-11-4-3-5-12-24/h3-5,7-12,16-17,19,26-27,32H,6,13-15,18,20-21H2,1-2H3/t26-,27+. The highest BCUT2D eigenvalue weighted by Crippen LogP contribution is 2.42. The van der Waals surface area contributed by atoms with Crippen LogP contribution in [0.5, 0.6) is 0 Å². The molecule has 1 saturated heterocycles. The summed E-state index contributed by atoms with van der Waals surface area (Å²) in [6.45, 7) is 7.27. The fourth-order valence-corrected chi connectivity index (χ4v) is 5.49. The van der Waals surface area contributed by atoms with E-state index in [0.29, 0.717) is 12.1 Å². The molecule has 0 saturated carbocycles. The van der Waals surface area contributed by atoms with Crippen molar-refractivity contribution in [1.29, 1.82) is 0 Å². The highest BCUT2D eigenvalue weighted by molar-refractivity contribution is 5.26. The smallest absolute Gasteiger partial charge is 0.0604 e. The fourth-order valence-electron chi connectivity index (χ4n) is 5.49. The maximum Gasteiger partial charge on any atom is 0.0604 e. The minimum absolute atomic E-state index is 0.330. The molecular weight excluding hydrogens is 418 g/mol. The van der Waals surface area contributed by atoms with Crippen LogP contribution in [0.4, 0.5) is 0 Å². The third-order valence-electron chi connectivity index (χ3n) is 7.24. The van der Waals surface area contributed by atoms with E-state index in [2.05, 4.69) is 77.8 Å². The summed E-state index contributed by atoms with van der Waals surface area (Å²) in [7, 11) is 0. The molecule has 0 amide bonds. The van der Waals surface area contributed by atoms with Crippen molar-refractivity contribution in [2.24, 2.45) is 0 Å². The van der Waals surface area contributed by atoms with Crippen LogP contribution in [0.1, 0.15) is 65.8 Å². The number of hydrazine groups is 1. The normalized spacial score (nSPS) is 21.3. The molecule has 34 heavy (non-hydrogen) atoms. The Morgan fingerprint density at radius 1 is 0.853 bits per heavy atom. The first-order chi connectivity index (χ1) is 16.7. The molecule has 0 unspecified atom stereocenters. The molecular formula is C29H35N5. The van der Waals surface area contributed by atoms with E-state index < -0.39 is 0 Å². The number of benzene rings is 1. The van der Waals surface area contributed by atoms with Crippen LogP contribution < -0.4 is 5.43 Å². The van der Waals surface area contributed by atoms with Gasteiger partial charge in [0, 0.05) is 38.2 Å². The number of rotatable bonds is 7. The number of likely N-dealkylation sites (tertiary alicyclic amines) is 1. The number of hydrogen-bond acceptors (Lipinski definition) is 5. The van der Waals surface area contributed by atoms with Crippen LogP contribution in [0.2, 0.25) is 0 Å². The number of aromatic nitrogens is 2. The van der Waals surface area contributed by atoms with Crippen LogP contribution in [0.25, 0.3) is 0 Å². The molecule has 0 aliphatic carbocycles. The van der Waals surface area contributed by atoms with E-state index in [0.717, 1.165) is 38.9 Å². The summed E-state index contributed by atoms with van der Waals surface area (Å²) in [5, 5.41) is 2.29. The molecule has 2 aromatic heterocycles. The second-order valence-corrected chi connectivity index (χ2v) is 9.63. The molecule has 5 heteroatoms. The summed E-state index contributed by atoms with van der Waals surface area (Å²) >= 11 is 0. The van der Waals surface area contributed by atoms with Crippen LogP contribution >= 0.6 is 0 Å². The van der Waals surface area contributed by atoms with Gasteiger partial charge in [-0.3, -0.25) is 14.9 Å². The van der Waals surface area contributed by atoms with Gasteiger partial charge in [0.25, 0.3) is 0 Å². The molecule has 0 bridgehead atoms. The second-order valence-electron chi connectivity index (χ2n) is 9.63. The van der Waals surface area contributed by atoms with Crippen LogP contribution in [-0.4, -0.2) is 33.0 Å². The first-order valence-electron chi connectivity index (χ1n) is 12.5.